The highest BCUT2D eigenvalue weighted by Gasteiger charge is 2.12. The zero-order valence-electron chi connectivity index (χ0n) is 8.23. The standard InChI is InChI=1S/C8H12N2O3S/c1-5(2)6-4-7(11)10-8(9-6)14(3,12)13/h4-5H,1-3H3,(H,9,10,11). The number of hydrogen-bond acceptors (Lipinski definition) is 4. The quantitative estimate of drug-likeness (QED) is 0.721. The Morgan fingerprint density at radius 3 is 2.43 bits per heavy atom. The van der Waals surface area contributed by atoms with Crippen molar-refractivity contribution in [3.63, 3.8) is 0 Å². The Kier molecular flexibility index (Phi) is 2.75. The fourth-order valence-corrected chi connectivity index (χ4v) is 1.48. The normalized spacial score (nSPS) is 12.0. The zero-order chi connectivity index (χ0) is 10.9. The first kappa shape index (κ1) is 10.9. The molecule has 14 heavy (non-hydrogen) atoms. The molecule has 0 saturated heterocycles. The summed E-state index contributed by atoms with van der Waals surface area (Å²) in [5.74, 6) is 0.0257. The van der Waals surface area contributed by atoms with Gasteiger partial charge in [0.15, 0.2) is 0 Å². The first-order valence-electron chi connectivity index (χ1n) is 4.12. The molecule has 6 heteroatoms. The highest BCUT2D eigenvalue weighted by atomic mass is 32.2. The van der Waals surface area contributed by atoms with Crippen molar-refractivity contribution in [1.82, 2.24) is 9.97 Å². The molecular weight excluding hydrogens is 204 g/mol. The molecule has 0 aromatic carbocycles. The van der Waals surface area contributed by atoms with Gasteiger partial charge >= 0.3 is 0 Å². The third kappa shape index (κ3) is 2.41. The van der Waals surface area contributed by atoms with Gasteiger partial charge in [-0.2, -0.15) is 0 Å². The van der Waals surface area contributed by atoms with Crippen molar-refractivity contribution in [1.29, 1.82) is 0 Å². The summed E-state index contributed by atoms with van der Waals surface area (Å²) < 4.78 is 22.3. The first-order chi connectivity index (χ1) is 6.30. The summed E-state index contributed by atoms with van der Waals surface area (Å²) in [6.45, 7) is 3.68. The lowest BCUT2D eigenvalue weighted by Crippen LogP contribution is -2.16. The SMILES string of the molecule is CC(C)c1cc(=O)[nH]c(S(C)(=O)=O)n1. The van der Waals surface area contributed by atoms with E-state index in [-0.39, 0.29) is 11.1 Å². The van der Waals surface area contributed by atoms with E-state index in [2.05, 4.69) is 9.97 Å². The molecule has 0 radical (unpaired) electrons. The number of sulfone groups is 1. The molecule has 0 aliphatic heterocycles. The predicted octanol–water partition coefficient (Wildman–Crippen LogP) is 0.297. The molecule has 1 N–H and O–H groups in total. The lowest BCUT2D eigenvalue weighted by molar-refractivity contribution is 0.589. The van der Waals surface area contributed by atoms with Crippen LogP contribution in [0, 0.1) is 0 Å². The van der Waals surface area contributed by atoms with E-state index in [4.69, 9.17) is 0 Å². The van der Waals surface area contributed by atoms with E-state index in [1.165, 1.54) is 6.07 Å². The Balaban J connectivity index is 3.43. The summed E-state index contributed by atoms with van der Waals surface area (Å²) in [7, 11) is -3.45. The Hall–Kier alpha value is -1.17. The average Bonchev–Trinajstić information content (AvgIpc) is 2.01. The van der Waals surface area contributed by atoms with E-state index in [0.29, 0.717) is 5.69 Å². The minimum absolute atomic E-state index is 0.0257. The minimum atomic E-state index is -3.45. The van der Waals surface area contributed by atoms with Gasteiger partial charge in [0.2, 0.25) is 15.0 Å². The van der Waals surface area contributed by atoms with Crippen LogP contribution in [0.3, 0.4) is 0 Å². The van der Waals surface area contributed by atoms with Gasteiger partial charge in [0, 0.05) is 12.3 Å². The van der Waals surface area contributed by atoms with Gasteiger partial charge in [-0.15, -0.1) is 0 Å². The topological polar surface area (TPSA) is 79.9 Å². The van der Waals surface area contributed by atoms with E-state index in [0.717, 1.165) is 6.26 Å². The molecule has 0 aliphatic rings. The molecule has 78 valence electrons. The number of H-pyrrole nitrogens is 1. The average molecular weight is 216 g/mol. The van der Waals surface area contributed by atoms with Crippen LogP contribution in [0.5, 0.6) is 0 Å². The van der Waals surface area contributed by atoms with Crippen molar-refractivity contribution in [2.24, 2.45) is 0 Å². The Labute approximate surface area is 82.1 Å². The molecule has 1 aromatic heterocycles. The number of aromatic nitrogens is 2. The highest BCUT2D eigenvalue weighted by molar-refractivity contribution is 7.90. The van der Waals surface area contributed by atoms with Crippen LogP contribution in [-0.2, 0) is 9.84 Å². The van der Waals surface area contributed by atoms with Crippen LogP contribution in [0.1, 0.15) is 25.5 Å². The third-order valence-corrected chi connectivity index (χ3v) is 2.58. The smallest absolute Gasteiger partial charge is 0.251 e. The van der Waals surface area contributed by atoms with Gasteiger partial charge in [-0.3, -0.25) is 9.78 Å². The van der Waals surface area contributed by atoms with Gasteiger partial charge < -0.3 is 0 Å². The summed E-state index contributed by atoms with van der Waals surface area (Å²) in [5.41, 5.74) is 0.0401. The van der Waals surface area contributed by atoms with E-state index >= 15 is 0 Å². The maximum atomic E-state index is 11.1. The van der Waals surface area contributed by atoms with E-state index in [1.807, 2.05) is 13.8 Å². The summed E-state index contributed by atoms with van der Waals surface area (Å²) in [6, 6.07) is 1.30. The summed E-state index contributed by atoms with van der Waals surface area (Å²) >= 11 is 0. The molecule has 0 bridgehead atoms. The second kappa shape index (κ2) is 3.53. The molecule has 5 nitrogen and oxygen atoms in total. The van der Waals surface area contributed by atoms with Crippen molar-refractivity contribution in [2.75, 3.05) is 6.26 Å². The lowest BCUT2D eigenvalue weighted by atomic mass is 10.1. The van der Waals surface area contributed by atoms with E-state index in [1.54, 1.807) is 0 Å². The van der Waals surface area contributed by atoms with Crippen molar-refractivity contribution >= 4 is 9.84 Å². The van der Waals surface area contributed by atoms with Crippen molar-refractivity contribution in [3.05, 3.63) is 22.1 Å². The van der Waals surface area contributed by atoms with Crippen LogP contribution in [0.15, 0.2) is 16.0 Å². The molecule has 0 fully saturated rings. The second-order valence-electron chi connectivity index (χ2n) is 3.40. The minimum Gasteiger partial charge on any atom is -0.297 e. The molecule has 0 unspecified atom stereocenters. The van der Waals surface area contributed by atoms with E-state index < -0.39 is 15.4 Å². The van der Waals surface area contributed by atoms with Gasteiger partial charge in [-0.1, -0.05) is 13.8 Å². The number of aromatic amines is 1. The van der Waals surface area contributed by atoms with Gasteiger partial charge in [0.25, 0.3) is 5.56 Å². The van der Waals surface area contributed by atoms with Crippen LogP contribution >= 0.6 is 0 Å². The van der Waals surface area contributed by atoms with Crippen LogP contribution in [-0.4, -0.2) is 24.6 Å². The number of nitrogens with one attached hydrogen (secondary N) is 1. The van der Waals surface area contributed by atoms with Crippen molar-refractivity contribution < 1.29 is 8.42 Å². The number of rotatable bonds is 2. The number of hydrogen-bond donors (Lipinski definition) is 1. The Morgan fingerprint density at radius 1 is 1.43 bits per heavy atom. The fourth-order valence-electron chi connectivity index (χ4n) is 0.925. The molecule has 0 saturated carbocycles. The van der Waals surface area contributed by atoms with Crippen LogP contribution in [0.4, 0.5) is 0 Å². The van der Waals surface area contributed by atoms with E-state index in [9.17, 15) is 13.2 Å². The Bertz CT molecular complexity index is 488. The van der Waals surface area contributed by atoms with Crippen LogP contribution < -0.4 is 5.56 Å². The van der Waals surface area contributed by atoms with Crippen molar-refractivity contribution in [3.8, 4) is 0 Å². The molecule has 1 rings (SSSR count). The summed E-state index contributed by atoms with van der Waals surface area (Å²) in [4.78, 5) is 17.2. The molecule has 0 atom stereocenters. The van der Waals surface area contributed by atoms with Gasteiger partial charge in [0.1, 0.15) is 0 Å². The van der Waals surface area contributed by atoms with Crippen LogP contribution in [0.2, 0.25) is 0 Å². The first-order valence-corrected chi connectivity index (χ1v) is 6.01. The third-order valence-electron chi connectivity index (χ3n) is 1.68. The molecule has 0 aliphatic carbocycles. The lowest BCUT2D eigenvalue weighted by Gasteiger charge is -2.04. The van der Waals surface area contributed by atoms with Gasteiger partial charge in [-0.05, 0) is 5.92 Å². The summed E-state index contributed by atoms with van der Waals surface area (Å²) in [5, 5.41) is -0.270. The summed E-state index contributed by atoms with van der Waals surface area (Å²) in [6.07, 6.45) is 1.01. The van der Waals surface area contributed by atoms with Crippen molar-refractivity contribution in [2.45, 2.75) is 24.9 Å². The molecule has 0 spiro atoms. The highest BCUT2D eigenvalue weighted by Crippen LogP contribution is 2.10. The molecule has 1 aromatic rings. The fraction of sp³-hybridized carbons (Fsp3) is 0.500. The molecule has 1 heterocycles. The monoisotopic (exact) mass is 216 g/mol. The second-order valence-corrected chi connectivity index (χ2v) is 5.33. The Morgan fingerprint density at radius 2 is 2.00 bits per heavy atom. The largest absolute Gasteiger partial charge is 0.297 e. The maximum Gasteiger partial charge on any atom is 0.251 e. The molecule has 0 amide bonds. The predicted molar refractivity (Wildman–Crippen MR) is 52.1 cm³/mol. The van der Waals surface area contributed by atoms with Gasteiger partial charge in [0.05, 0.1) is 5.69 Å². The van der Waals surface area contributed by atoms with Gasteiger partial charge in [-0.25, -0.2) is 13.4 Å². The molecular formula is C8H12N2O3S. The van der Waals surface area contributed by atoms with Crippen LogP contribution in [0.25, 0.3) is 0 Å². The maximum absolute atomic E-state index is 11.1. The number of nitrogens with zero attached hydrogens (tertiary/aromatic N) is 1. The zero-order valence-corrected chi connectivity index (χ0v) is 9.05.